The number of piperidine rings is 1. The summed E-state index contributed by atoms with van der Waals surface area (Å²) in [6.07, 6.45) is 3.49. The van der Waals surface area contributed by atoms with E-state index in [4.69, 9.17) is 11.6 Å². The first-order valence-electron chi connectivity index (χ1n) is 6.83. The van der Waals surface area contributed by atoms with E-state index >= 15 is 0 Å². The van der Waals surface area contributed by atoms with Crippen molar-refractivity contribution in [1.29, 1.82) is 0 Å². The van der Waals surface area contributed by atoms with Gasteiger partial charge in [0.2, 0.25) is 0 Å². The molecule has 0 aromatic carbocycles. The molecule has 0 aromatic heterocycles. The summed E-state index contributed by atoms with van der Waals surface area (Å²) in [4.78, 5) is 25.9. The Morgan fingerprint density at radius 1 is 1.42 bits per heavy atom. The van der Waals surface area contributed by atoms with Crippen LogP contribution >= 0.6 is 11.6 Å². The lowest BCUT2D eigenvalue weighted by Gasteiger charge is -2.47. The number of hydrogen-bond donors (Lipinski definition) is 1. The second-order valence-corrected chi connectivity index (χ2v) is 6.49. The zero-order valence-electron chi connectivity index (χ0n) is 10.7. The number of aliphatic carboxylic acids is 1. The van der Waals surface area contributed by atoms with Crippen LogP contribution in [0.3, 0.4) is 0 Å². The van der Waals surface area contributed by atoms with Crippen molar-refractivity contribution < 1.29 is 14.7 Å². The molecular weight excluding hydrogens is 266 g/mol. The first-order valence-corrected chi connectivity index (χ1v) is 7.26. The Hall–Kier alpha value is -0.870. The number of carbonyl (C=O) groups is 2. The number of ketones is 1. The van der Waals surface area contributed by atoms with Crippen molar-refractivity contribution >= 4 is 23.4 Å². The van der Waals surface area contributed by atoms with Crippen LogP contribution in [0.15, 0.2) is 12.2 Å². The lowest BCUT2D eigenvalue weighted by Crippen LogP contribution is -2.58. The van der Waals surface area contributed by atoms with Gasteiger partial charge in [0, 0.05) is 24.5 Å². The fraction of sp³-hybridized carbons (Fsp3) is 0.714. The van der Waals surface area contributed by atoms with Crippen LogP contribution in [0.1, 0.15) is 25.7 Å². The second-order valence-electron chi connectivity index (χ2n) is 5.96. The molecule has 4 unspecified atom stereocenters. The van der Waals surface area contributed by atoms with Gasteiger partial charge in [-0.3, -0.25) is 14.5 Å². The number of likely N-dealkylation sites (tertiary alicyclic amines) is 1. The van der Waals surface area contributed by atoms with Crippen LogP contribution in [0.25, 0.3) is 0 Å². The summed E-state index contributed by atoms with van der Waals surface area (Å²) >= 11 is 6.27. The highest BCUT2D eigenvalue weighted by molar-refractivity contribution is 6.22. The van der Waals surface area contributed by atoms with Gasteiger partial charge in [-0.1, -0.05) is 12.2 Å². The molecule has 0 aromatic rings. The molecule has 0 amide bonds. The molecule has 2 saturated carbocycles. The summed E-state index contributed by atoms with van der Waals surface area (Å²) in [5, 5.41) is 9.15. The highest BCUT2D eigenvalue weighted by Crippen LogP contribution is 2.43. The lowest BCUT2D eigenvalue weighted by atomic mass is 9.72. The molecule has 4 nitrogen and oxygen atoms in total. The van der Waals surface area contributed by atoms with Crippen LogP contribution < -0.4 is 0 Å². The molecule has 4 atom stereocenters. The largest absolute Gasteiger partial charge is 0.481 e. The Morgan fingerprint density at radius 2 is 2.11 bits per heavy atom. The van der Waals surface area contributed by atoms with Gasteiger partial charge in [-0.15, -0.1) is 11.6 Å². The van der Waals surface area contributed by atoms with Crippen LogP contribution in [-0.2, 0) is 9.59 Å². The summed E-state index contributed by atoms with van der Waals surface area (Å²) in [6, 6.07) is 0.571. The summed E-state index contributed by atoms with van der Waals surface area (Å²) in [5.41, 5.74) is 0.873. The summed E-state index contributed by atoms with van der Waals surface area (Å²) in [5.74, 6) is -2.22. The van der Waals surface area contributed by atoms with Gasteiger partial charge >= 0.3 is 5.97 Å². The number of Topliss-reactive ketones (excluding diaryl/α,β-unsaturated/α-hetero) is 1. The summed E-state index contributed by atoms with van der Waals surface area (Å²) < 4.78 is 0. The molecule has 1 saturated heterocycles. The maximum atomic E-state index is 12.4. The van der Waals surface area contributed by atoms with Gasteiger partial charge in [-0.25, -0.2) is 0 Å². The number of hydrogen-bond acceptors (Lipinski definition) is 3. The van der Waals surface area contributed by atoms with Gasteiger partial charge in [0.25, 0.3) is 0 Å². The van der Waals surface area contributed by atoms with Crippen molar-refractivity contribution in [3.63, 3.8) is 0 Å². The third-order valence-electron chi connectivity index (χ3n) is 4.68. The number of halogens is 1. The monoisotopic (exact) mass is 283 g/mol. The third kappa shape index (κ3) is 2.21. The standard InChI is InChI=1S/C14H18ClNO3/c1-7-4-9-12(5-11(7)15)16(8-2-3-8)6-10(13(9)17)14(18)19/h8-12H,1-6H2,(H,18,19). The molecule has 104 valence electrons. The maximum absolute atomic E-state index is 12.4. The van der Waals surface area contributed by atoms with Crippen LogP contribution in [0.5, 0.6) is 0 Å². The molecule has 3 aliphatic rings. The molecule has 0 radical (unpaired) electrons. The predicted octanol–water partition coefficient (Wildman–Crippen LogP) is 1.68. The number of rotatable bonds is 2. The number of carbonyl (C=O) groups excluding carboxylic acids is 1. The van der Waals surface area contributed by atoms with E-state index in [-0.39, 0.29) is 23.1 Å². The topological polar surface area (TPSA) is 57.6 Å². The fourth-order valence-corrected chi connectivity index (χ4v) is 3.74. The van der Waals surface area contributed by atoms with Crippen LogP contribution in [0.2, 0.25) is 0 Å². The molecule has 1 heterocycles. The molecule has 0 bridgehead atoms. The van der Waals surface area contributed by atoms with Crippen LogP contribution in [0, 0.1) is 11.8 Å². The van der Waals surface area contributed by atoms with Crippen molar-refractivity contribution in [1.82, 2.24) is 4.90 Å². The Bertz CT molecular complexity index is 446. The molecule has 1 aliphatic heterocycles. The number of alkyl halides is 1. The number of nitrogens with zero attached hydrogens (tertiary/aromatic N) is 1. The fourth-order valence-electron chi connectivity index (χ4n) is 3.47. The predicted molar refractivity (Wildman–Crippen MR) is 71.2 cm³/mol. The highest BCUT2D eigenvalue weighted by atomic mass is 35.5. The quantitative estimate of drug-likeness (QED) is 0.476. The Kier molecular flexibility index (Phi) is 3.18. The summed E-state index contributed by atoms with van der Waals surface area (Å²) in [6.45, 7) is 4.28. The summed E-state index contributed by atoms with van der Waals surface area (Å²) in [7, 11) is 0. The zero-order valence-corrected chi connectivity index (χ0v) is 11.5. The van der Waals surface area contributed by atoms with Crippen molar-refractivity contribution in [2.24, 2.45) is 11.8 Å². The minimum absolute atomic E-state index is 0.0864. The van der Waals surface area contributed by atoms with Gasteiger partial charge in [-0.05, 0) is 25.7 Å². The van der Waals surface area contributed by atoms with E-state index in [0.717, 1.165) is 24.8 Å². The van der Waals surface area contributed by atoms with E-state index < -0.39 is 11.9 Å². The third-order valence-corrected chi connectivity index (χ3v) is 5.17. The Morgan fingerprint density at radius 3 is 2.68 bits per heavy atom. The maximum Gasteiger partial charge on any atom is 0.315 e. The van der Waals surface area contributed by atoms with E-state index in [1.807, 2.05) is 0 Å². The van der Waals surface area contributed by atoms with Crippen molar-refractivity contribution in [2.75, 3.05) is 6.54 Å². The molecule has 2 aliphatic carbocycles. The minimum Gasteiger partial charge on any atom is -0.481 e. The zero-order chi connectivity index (χ0) is 13.7. The first kappa shape index (κ1) is 13.1. The average Bonchev–Trinajstić information content (AvgIpc) is 3.16. The number of allylic oxidation sites excluding steroid dienone is 1. The SMILES string of the molecule is C=C1CC2C(=O)C(C(=O)O)CN(C3CC3)C2CC1Cl. The van der Waals surface area contributed by atoms with Gasteiger partial charge in [-0.2, -0.15) is 0 Å². The van der Waals surface area contributed by atoms with Gasteiger partial charge in [0.1, 0.15) is 5.92 Å². The molecule has 3 fully saturated rings. The molecular formula is C14H18ClNO3. The van der Waals surface area contributed by atoms with E-state index in [1.54, 1.807) is 0 Å². The van der Waals surface area contributed by atoms with Crippen LogP contribution in [0.4, 0.5) is 0 Å². The van der Waals surface area contributed by atoms with Gasteiger partial charge < -0.3 is 5.11 Å². The van der Waals surface area contributed by atoms with E-state index in [1.165, 1.54) is 0 Å². The molecule has 0 spiro atoms. The van der Waals surface area contributed by atoms with E-state index in [0.29, 0.717) is 19.0 Å². The van der Waals surface area contributed by atoms with Crippen molar-refractivity contribution in [2.45, 2.75) is 43.1 Å². The van der Waals surface area contributed by atoms with Gasteiger partial charge in [0.05, 0.1) is 5.38 Å². The van der Waals surface area contributed by atoms with Gasteiger partial charge in [0.15, 0.2) is 5.78 Å². The van der Waals surface area contributed by atoms with Crippen molar-refractivity contribution in [3.8, 4) is 0 Å². The number of carboxylic acids is 1. The first-order chi connectivity index (χ1) is 8.99. The highest BCUT2D eigenvalue weighted by Gasteiger charge is 2.51. The van der Waals surface area contributed by atoms with E-state index in [2.05, 4.69) is 11.5 Å². The normalized spacial score (nSPS) is 40.1. The molecule has 19 heavy (non-hydrogen) atoms. The van der Waals surface area contributed by atoms with E-state index in [9.17, 15) is 14.7 Å². The number of carboxylic acid groups (broad SMARTS) is 1. The Labute approximate surface area is 117 Å². The molecule has 3 rings (SSSR count). The molecule has 1 N–H and O–H groups in total. The number of fused-ring (bicyclic) bond motifs is 1. The smallest absolute Gasteiger partial charge is 0.315 e. The minimum atomic E-state index is -0.993. The van der Waals surface area contributed by atoms with Crippen molar-refractivity contribution in [3.05, 3.63) is 12.2 Å². The Balaban J connectivity index is 1.89. The average molecular weight is 284 g/mol. The lowest BCUT2D eigenvalue weighted by molar-refractivity contribution is -0.153. The second kappa shape index (κ2) is 4.60. The van der Waals surface area contributed by atoms with Crippen LogP contribution in [-0.4, -0.2) is 45.8 Å². The molecule has 5 heteroatoms.